The fourth-order valence-corrected chi connectivity index (χ4v) is 1.52. The largest absolute Gasteiger partial charge is 0.330 e. The zero-order chi connectivity index (χ0) is 11.3. The van der Waals surface area contributed by atoms with E-state index in [0.717, 1.165) is 30.4 Å². The van der Waals surface area contributed by atoms with Gasteiger partial charge in [-0.05, 0) is 38.3 Å². The van der Waals surface area contributed by atoms with Crippen molar-refractivity contribution in [3.63, 3.8) is 0 Å². The molecule has 2 N–H and O–H groups in total. The van der Waals surface area contributed by atoms with Crippen molar-refractivity contribution in [2.24, 2.45) is 5.73 Å². The van der Waals surface area contributed by atoms with Crippen LogP contribution in [0.2, 0.25) is 0 Å². The van der Waals surface area contributed by atoms with Crippen LogP contribution >= 0.6 is 0 Å². The van der Waals surface area contributed by atoms with Crippen molar-refractivity contribution in [2.75, 3.05) is 6.54 Å². The molecule has 1 rings (SSSR count). The highest BCUT2D eigenvalue weighted by molar-refractivity contribution is 5.43. The standard InChI is InChI=1S/C11H16N2O2/c1-9-5-6-10(4-2-3-7-12)11(8-9)13(14)15/h5-6,8H,2-4,7,12H2,1H3. The van der Waals surface area contributed by atoms with Gasteiger partial charge in [-0.1, -0.05) is 12.1 Å². The Hall–Kier alpha value is -1.42. The Kier molecular flexibility index (Phi) is 4.24. The monoisotopic (exact) mass is 208 g/mol. The van der Waals surface area contributed by atoms with Crippen LogP contribution in [0.5, 0.6) is 0 Å². The van der Waals surface area contributed by atoms with Gasteiger partial charge in [-0.15, -0.1) is 0 Å². The summed E-state index contributed by atoms with van der Waals surface area (Å²) in [5, 5.41) is 10.8. The van der Waals surface area contributed by atoms with Crippen LogP contribution in [0.3, 0.4) is 0 Å². The van der Waals surface area contributed by atoms with Crippen LogP contribution in [0.4, 0.5) is 5.69 Å². The van der Waals surface area contributed by atoms with Crippen molar-refractivity contribution >= 4 is 5.69 Å². The van der Waals surface area contributed by atoms with Crippen molar-refractivity contribution in [2.45, 2.75) is 26.2 Å². The number of rotatable bonds is 5. The second kappa shape index (κ2) is 5.46. The molecule has 82 valence electrons. The molecule has 0 radical (unpaired) electrons. The lowest BCUT2D eigenvalue weighted by Gasteiger charge is -2.03. The first-order valence-electron chi connectivity index (χ1n) is 5.09. The molecule has 0 heterocycles. The third-order valence-corrected chi connectivity index (χ3v) is 2.34. The maximum absolute atomic E-state index is 10.8. The molecule has 1 aromatic rings. The molecular formula is C11H16N2O2. The third-order valence-electron chi connectivity index (χ3n) is 2.34. The smallest absolute Gasteiger partial charge is 0.272 e. The van der Waals surface area contributed by atoms with Crippen molar-refractivity contribution in [3.8, 4) is 0 Å². The van der Waals surface area contributed by atoms with Crippen LogP contribution in [0, 0.1) is 17.0 Å². The van der Waals surface area contributed by atoms with Gasteiger partial charge in [0.25, 0.3) is 5.69 Å². The molecule has 0 atom stereocenters. The summed E-state index contributed by atoms with van der Waals surface area (Å²) < 4.78 is 0. The van der Waals surface area contributed by atoms with Crippen LogP contribution in [0.15, 0.2) is 18.2 Å². The second-order valence-corrected chi connectivity index (χ2v) is 3.64. The van der Waals surface area contributed by atoms with Gasteiger partial charge in [-0.2, -0.15) is 0 Å². The Morgan fingerprint density at radius 1 is 1.40 bits per heavy atom. The molecule has 0 saturated heterocycles. The van der Waals surface area contributed by atoms with Crippen LogP contribution in [0.1, 0.15) is 24.0 Å². The fraction of sp³-hybridized carbons (Fsp3) is 0.455. The van der Waals surface area contributed by atoms with Gasteiger partial charge in [0.05, 0.1) is 4.92 Å². The molecule has 15 heavy (non-hydrogen) atoms. The molecule has 0 aliphatic carbocycles. The van der Waals surface area contributed by atoms with E-state index in [1.807, 2.05) is 19.1 Å². The van der Waals surface area contributed by atoms with Crippen molar-refractivity contribution < 1.29 is 4.92 Å². The van der Waals surface area contributed by atoms with Gasteiger partial charge < -0.3 is 5.73 Å². The minimum Gasteiger partial charge on any atom is -0.330 e. The van der Waals surface area contributed by atoms with Gasteiger partial charge in [-0.3, -0.25) is 10.1 Å². The third kappa shape index (κ3) is 3.32. The van der Waals surface area contributed by atoms with E-state index >= 15 is 0 Å². The molecule has 0 aromatic heterocycles. The van der Waals surface area contributed by atoms with Crippen LogP contribution < -0.4 is 5.73 Å². The van der Waals surface area contributed by atoms with Gasteiger partial charge in [0, 0.05) is 11.6 Å². The fourth-order valence-electron chi connectivity index (χ4n) is 1.52. The molecular weight excluding hydrogens is 192 g/mol. The summed E-state index contributed by atoms with van der Waals surface area (Å²) in [4.78, 5) is 10.5. The summed E-state index contributed by atoms with van der Waals surface area (Å²) >= 11 is 0. The van der Waals surface area contributed by atoms with Crippen molar-refractivity contribution in [1.29, 1.82) is 0 Å². The van der Waals surface area contributed by atoms with Crippen molar-refractivity contribution in [1.82, 2.24) is 0 Å². The quantitative estimate of drug-likeness (QED) is 0.458. The summed E-state index contributed by atoms with van der Waals surface area (Å²) in [6.45, 7) is 2.50. The van der Waals surface area contributed by atoms with Gasteiger partial charge >= 0.3 is 0 Å². The number of hydrogen-bond donors (Lipinski definition) is 1. The lowest BCUT2D eigenvalue weighted by molar-refractivity contribution is -0.385. The molecule has 4 heteroatoms. The Bertz CT molecular complexity index is 350. The first kappa shape index (κ1) is 11.7. The zero-order valence-corrected chi connectivity index (χ0v) is 8.90. The molecule has 0 unspecified atom stereocenters. The molecule has 4 nitrogen and oxygen atoms in total. The molecule has 0 aliphatic heterocycles. The lowest BCUT2D eigenvalue weighted by Crippen LogP contribution is -2.01. The number of unbranched alkanes of at least 4 members (excludes halogenated alkanes) is 1. The topological polar surface area (TPSA) is 69.2 Å². The molecule has 0 spiro atoms. The van der Waals surface area contributed by atoms with Crippen LogP contribution in [-0.2, 0) is 6.42 Å². The van der Waals surface area contributed by atoms with Gasteiger partial charge in [0.2, 0.25) is 0 Å². The predicted molar refractivity (Wildman–Crippen MR) is 59.8 cm³/mol. The average molecular weight is 208 g/mol. The Morgan fingerprint density at radius 2 is 2.13 bits per heavy atom. The summed E-state index contributed by atoms with van der Waals surface area (Å²) in [7, 11) is 0. The minimum atomic E-state index is -0.315. The van der Waals surface area contributed by atoms with E-state index < -0.39 is 0 Å². The van der Waals surface area contributed by atoms with E-state index in [-0.39, 0.29) is 10.6 Å². The number of hydrogen-bond acceptors (Lipinski definition) is 3. The predicted octanol–water partition coefficient (Wildman–Crippen LogP) is 2.18. The first-order valence-corrected chi connectivity index (χ1v) is 5.09. The average Bonchev–Trinajstić information content (AvgIpc) is 2.20. The Balaban J connectivity index is 2.81. The summed E-state index contributed by atoms with van der Waals surface area (Å²) in [5.41, 5.74) is 7.33. The van der Waals surface area contributed by atoms with E-state index in [1.54, 1.807) is 6.07 Å². The minimum absolute atomic E-state index is 0.229. The maximum Gasteiger partial charge on any atom is 0.272 e. The zero-order valence-electron chi connectivity index (χ0n) is 8.90. The van der Waals surface area contributed by atoms with Crippen LogP contribution in [-0.4, -0.2) is 11.5 Å². The number of benzene rings is 1. The second-order valence-electron chi connectivity index (χ2n) is 3.64. The molecule has 0 bridgehead atoms. The SMILES string of the molecule is Cc1ccc(CCCCN)c([N+](=O)[O-])c1. The number of aryl methyl sites for hydroxylation is 2. The Labute approximate surface area is 89.2 Å². The molecule has 0 fully saturated rings. The molecule has 0 saturated carbocycles. The summed E-state index contributed by atoms with van der Waals surface area (Å²) in [5.74, 6) is 0. The molecule has 1 aromatic carbocycles. The van der Waals surface area contributed by atoms with Crippen LogP contribution in [0.25, 0.3) is 0 Å². The van der Waals surface area contributed by atoms with E-state index in [0.29, 0.717) is 6.54 Å². The normalized spacial score (nSPS) is 10.3. The summed E-state index contributed by atoms with van der Waals surface area (Å²) in [6, 6.07) is 5.37. The highest BCUT2D eigenvalue weighted by Gasteiger charge is 2.12. The first-order chi connectivity index (χ1) is 7.15. The van der Waals surface area contributed by atoms with E-state index in [9.17, 15) is 10.1 Å². The number of nitro benzene ring substituents is 1. The molecule has 0 aliphatic rings. The van der Waals surface area contributed by atoms with Gasteiger partial charge in [-0.25, -0.2) is 0 Å². The van der Waals surface area contributed by atoms with E-state index in [2.05, 4.69) is 0 Å². The van der Waals surface area contributed by atoms with Gasteiger partial charge in [0.15, 0.2) is 0 Å². The van der Waals surface area contributed by atoms with E-state index in [1.165, 1.54) is 0 Å². The lowest BCUT2D eigenvalue weighted by atomic mass is 10.0. The molecule has 0 amide bonds. The summed E-state index contributed by atoms with van der Waals surface area (Å²) in [6.07, 6.45) is 2.54. The Morgan fingerprint density at radius 3 is 2.73 bits per heavy atom. The van der Waals surface area contributed by atoms with Crippen molar-refractivity contribution in [3.05, 3.63) is 39.4 Å². The number of nitrogens with zero attached hydrogens (tertiary/aromatic N) is 1. The van der Waals surface area contributed by atoms with E-state index in [4.69, 9.17) is 5.73 Å². The highest BCUT2D eigenvalue weighted by atomic mass is 16.6. The number of nitrogens with two attached hydrogens (primary N) is 1. The maximum atomic E-state index is 10.8. The highest BCUT2D eigenvalue weighted by Crippen LogP contribution is 2.21. The van der Waals surface area contributed by atoms with Gasteiger partial charge in [0.1, 0.15) is 0 Å². The number of nitro groups is 1.